The zero-order valence-corrected chi connectivity index (χ0v) is 14.2. The zero-order chi connectivity index (χ0) is 16.7. The third-order valence-corrected chi connectivity index (χ3v) is 4.45. The van der Waals surface area contributed by atoms with Gasteiger partial charge in [0, 0.05) is 24.5 Å². The second-order valence-corrected chi connectivity index (χ2v) is 6.15. The SMILES string of the molecule is CCNc1cccc(Cn2c(C)cc3c2ccc2nnc(C)n23)c1. The van der Waals surface area contributed by atoms with Crippen LogP contribution in [0.25, 0.3) is 16.7 Å². The highest BCUT2D eigenvalue weighted by Crippen LogP contribution is 2.23. The Hall–Kier alpha value is -2.82. The summed E-state index contributed by atoms with van der Waals surface area (Å²) in [6.45, 7) is 8.04. The number of hydrogen-bond acceptors (Lipinski definition) is 3. The predicted molar refractivity (Wildman–Crippen MR) is 97.7 cm³/mol. The standard InChI is InChI=1S/C19H21N5/c1-4-20-16-7-5-6-15(11-16)12-23-13(2)10-18-17(23)8-9-19-22-21-14(3)24(18)19/h5-11,20H,4,12H2,1-3H3. The molecule has 0 saturated heterocycles. The molecule has 0 radical (unpaired) electrons. The van der Waals surface area contributed by atoms with Crippen LogP contribution in [0, 0.1) is 13.8 Å². The van der Waals surface area contributed by atoms with Gasteiger partial charge in [-0.25, -0.2) is 0 Å². The van der Waals surface area contributed by atoms with Crippen LogP contribution in [0.15, 0.2) is 42.5 Å². The van der Waals surface area contributed by atoms with Crippen molar-refractivity contribution < 1.29 is 0 Å². The molecule has 0 spiro atoms. The molecule has 5 nitrogen and oxygen atoms in total. The van der Waals surface area contributed by atoms with Crippen molar-refractivity contribution in [2.24, 2.45) is 0 Å². The van der Waals surface area contributed by atoms with E-state index in [0.29, 0.717) is 0 Å². The van der Waals surface area contributed by atoms with Crippen molar-refractivity contribution in [3.63, 3.8) is 0 Å². The van der Waals surface area contributed by atoms with Gasteiger partial charge in [-0.05, 0) is 56.7 Å². The molecule has 24 heavy (non-hydrogen) atoms. The second-order valence-electron chi connectivity index (χ2n) is 6.15. The monoisotopic (exact) mass is 319 g/mol. The number of nitrogens with zero attached hydrogens (tertiary/aromatic N) is 4. The van der Waals surface area contributed by atoms with Crippen molar-refractivity contribution >= 4 is 22.4 Å². The summed E-state index contributed by atoms with van der Waals surface area (Å²) in [6, 6.07) is 15.0. The molecular formula is C19H21N5. The van der Waals surface area contributed by atoms with Crippen LogP contribution in [0.5, 0.6) is 0 Å². The predicted octanol–water partition coefficient (Wildman–Crippen LogP) is 3.78. The van der Waals surface area contributed by atoms with E-state index in [1.807, 2.05) is 13.0 Å². The Morgan fingerprint density at radius 3 is 2.71 bits per heavy atom. The first kappa shape index (κ1) is 14.8. The molecule has 1 aromatic carbocycles. The number of hydrogen-bond donors (Lipinski definition) is 1. The molecule has 0 amide bonds. The molecule has 4 rings (SSSR count). The minimum absolute atomic E-state index is 0.848. The lowest BCUT2D eigenvalue weighted by Crippen LogP contribution is -2.03. The Balaban J connectivity index is 1.82. The second kappa shape index (κ2) is 5.67. The first-order chi connectivity index (χ1) is 11.7. The maximum absolute atomic E-state index is 4.22. The van der Waals surface area contributed by atoms with E-state index < -0.39 is 0 Å². The van der Waals surface area contributed by atoms with E-state index in [9.17, 15) is 0 Å². The Morgan fingerprint density at radius 2 is 1.88 bits per heavy atom. The van der Waals surface area contributed by atoms with E-state index in [1.54, 1.807) is 0 Å². The topological polar surface area (TPSA) is 47.2 Å². The molecule has 0 aliphatic heterocycles. The van der Waals surface area contributed by atoms with Crippen LogP contribution in [-0.4, -0.2) is 25.7 Å². The fraction of sp³-hybridized carbons (Fsp3) is 0.263. The fourth-order valence-corrected chi connectivity index (χ4v) is 3.35. The van der Waals surface area contributed by atoms with Gasteiger partial charge in [0.15, 0.2) is 5.65 Å². The maximum Gasteiger partial charge on any atom is 0.161 e. The summed E-state index contributed by atoms with van der Waals surface area (Å²) in [5.74, 6) is 0.918. The number of aryl methyl sites for hydroxylation is 2. The highest BCUT2D eigenvalue weighted by atomic mass is 15.2. The minimum atomic E-state index is 0.848. The van der Waals surface area contributed by atoms with Crippen LogP contribution in [0.3, 0.4) is 0 Å². The molecule has 122 valence electrons. The number of aromatic nitrogens is 4. The van der Waals surface area contributed by atoms with Crippen LogP contribution in [0.2, 0.25) is 0 Å². The van der Waals surface area contributed by atoms with Crippen molar-refractivity contribution in [1.29, 1.82) is 0 Å². The number of pyridine rings is 1. The lowest BCUT2D eigenvalue weighted by molar-refractivity contribution is 0.804. The molecule has 4 aromatic rings. The summed E-state index contributed by atoms with van der Waals surface area (Å²) in [5.41, 5.74) is 6.95. The largest absolute Gasteiger partial charge is 0.385 e. The molecule has 0 bridgehead atoms. The van der Waals surface area contributed by atoms with Gasteiger partial charge in [0.25, 0.3) is 0 Å². The van der Waals surface area contributed by atoms with Crippen molar-refractivity contribution in [2.45, 2.75) is 27.3 Å². The van der Waals surface area contributed by atoms with Crippen molar-refractivity contribution in [3.8, 4) is 0 Å². The van der Waals surface area contributed by atoms with Gasteiger partial charge in [-0.1, -0.05) is 12.1 Å². The lowest BCUT2D eigenvalue weighted by Gasteiger charge is -2.11. The first-order valence-electron chi connectivity index (χ1n) is 8.31. The molecule has 0 fully saturated rings. The summed E-state index contributed by atoms with van der Waals surface area (Å²) in [6.07, 6.45) is 0. The normalized spacial score (nSPS) is 11.5. The van der Waals surface area contributed by atoms with Crippen molar-refractivity contribution in [3.05, 3.63) is 59.5 Å². The first-order valence-corrected chi connectivity index (χ1v) is 8.31. The minimum Gasteiger partial charge on any atom is -0.385 e. The molecule has 0 unspecified atom stereocenters. The number of rotatable bonds is 4. The van der Waals surface area contributed by atoms with Gasteiger partial charge in [0.1, 0.15) is 5.82 Å². The van der Waals surface area contributed by atoms with Crippen LogP contribution >= 0.6 is 0 Å². The van der Waals surface area contributed by atoms with E-state index >= 15 is 0 Å². The van der Waals surface area contributed by atoms with E-state index in [0.717, 1.165) is 30.1 Å². The average molecular weight is 319 g/mol. The summed E-state index contributed by atoms with van der Waals surface area (Å²) in [5, 5.41) is 11.8. The third kappa shape index (κ3) is 2.33. The zero-order valence-electron chi connectivity index (χ0n) is 14.2. The van der Waals surface area contributed by atoms with Gasteiger partial charge >= 0.3 is 0 Å². The molecule has 3 heterocycles. The molecule has 5 heteroatoms. The van der Waals surface area contributed by atoms with Gasteiger partial charge in [-0.15, -0.1) is 10.2 Å². The number of benzene rings is 1. The van der Waals surface area contributed by atoms with E-state index in [-0.39, 0.29) is 0 Å². The summed E-state index contributed by atoms with van der Waals surface area (Å²) in [7, 11) is 0. The van der Waals surface area contributed by atoms with Crippen LogP contribution in [0.4, 0.5) is 5.69 Å². The van der Waals surface area contributed by atoms with E-state index in [4.69, 9.17) is 0 Å². The van der Waals surface area contributed by atoms with Gasteiger partial charge in [-0.3, -0.25) is 4.40 Å². The maximum atomic E-state index is 4.22. The van der Waals surface area contributed by atoms with Crippen LogP contribution in [-0.2, 0) is 6.54 Å². The Kier molecular flexibility index (Phi) is 3.49. The average Bonchev–Trinajstić information content (AvgIpc) is 3.09. The van der Waals surface area contributed by atoms with Crippen molar-refractivity contribution in [2.75, 3.05) is 11.9 Å². The molecule has 0 aliphatic carbocycles. The van der Waals surface area contributed by atoms with Crippen LogP contribution in [0.1, 0.15) is 24.0 Å². The fourth-order valence-electron chi connectivity index (χ4n) is 3.35. The quantitative estimate of drug-likeness (QED) is 0.623. The van der Waals surface area contributed by atoms with E-state index in [1.165, 1.54) is 22.5 Å². The smallest absolute Gasteiger partial charge is 0.161 e. The molecule has 1 N–H and O–H groups in total. The molecule has 0 aliphatic rings. The van der Waals surface area contributed by atoms with Gasteiger partial charge in [0.2, 0.25) is 0 Å². The summed E-state index contributed by atoms with van der Waals surface area (Å²) < 4.78 is 4.47. The third-order valence-electron chi connectivity index (χ3n) is 4.45. The Bertz CT molecular complexity index is 1030. The number of fused-ring (bicyclic) bond motifs is 3. The summed E-state index contributed by atoms with van der Waals surface area (Å²) in [4.78, 5) is 0. The lowest BCUT2D eigenvalue weighted by atomic mass is 10.2. The number of nitrogens with one attached hydrogen (secondary N) is 1. The van der Waals surface area contributed by atoms with Gasteiger partial charge < -0.3 is 9.88 Å². The molecule has 3 aromatic heterocycles. The highest BCUT2D eigenvalue weighted by molar-refractivity contribution is 5.81. The van der Waals surface area contributed by atoms with Gasteiger partial charge in [-0.2, -0.15) is 0 Å². The van der Waals surface area contributed by atoms with Crippen molar-refractivity contribution in [1.82, 2.24) is 19.2 Å². The molecule has 0 saturated carbocycles. The summed E-state index contributed by atoms with van der Waals surface area (Å²) >= 11 is 0. The van der Waals surface area contributed by atoms with Gasteiger partial charge in [0.05, 0.1) is 11.0 Å². The Morgan fingerprint density at radius 1 is 1.00 bits per heavy atom. The molecule has 0 atom stereocenters. The van der Waals surface area contributed by atoms with E-state index in [2.05, 4.69) is 74.7 Å². The Labute approximate surface area is 140 Å². The number of anilines is 1. The molecular weight excluding hydrogens is 298 g/mol. The van der Waals surface area contributed by atoms with Crippen LogP contribution < -0.4 is 5.32 Å². The highest BCUT2D eigenvalue weighted by Gasteiger charge is 2.12.